The maximum Gasteiger partial charge on any atom is 0.131 e. The molecule has 0 radical (unpaired) electrons. The van der Waals surface area contributed by atoms with Crippen LogP contribution in [0.2, 0.25) is 0 Å². The predicted molar refractivity (Wildman–Crippen MR) is 66.1 cm³/mol. The number of hydrogen-bond donors (Lipinski definition) is 0. The molecule has 0 amide bonds. The van der Waals surface area contributed by atoms with Crippen LogP contribution in [0.15, 0.2) is 33.4 Å². The summed E-state index contributed by atoms with van der Waals surface area (Å²) in [4.78, 5) is 0. The van der Waals surface area contributed by atoms with E-state index in [0.29, 0.717) is 0 Å². The summed E-state index contributed by atoms with van der Waals surface area (Å²) in [6.45, 7) is 0. The van der Waals surface area contributed by atoms with Crippen LogP contribution < -0.4 is 0 Å². The molecule has 1 heterocycles. The quantitative estimate of drug-likeness (QED) is 0.673. The highest BCUT2D eigenvalue weighted by Crippen LogP contribution is 2.34. The third kappa shape index (κ3) is 2.44. The van der Waals surface area contributed by atoms with Crippen LogP contribution in [0.25, 0.3) is 0 Å². The van der Waals surface area contributed by atoms with Crippen molar-refractivity contribution in [3.8, 4) is 0 Å². The second kappa shape index (κ2) is 4.82. The van der Waals surface area contributed by atoms with E-state index in [2.05, 4.69) is 15.9 Å². The Labute approximate surface area is 109 Å². The van der Waals surface area contributed by atoms with E-state index in [1.807, 2.05) is 11.4 Å². The van der Waals surface area contributed by atoms with Crippen molar-refractivity contribution in [2.45, 2.75) is 5.38 Å². The Kier molecular flexibility index (Phi) is 3.62. The Morgan fingerprint density at radius 3 is 2.56 bits per heavy atom. The predicted octanol–water partition coefficient (Wildman–Crippen LogP) is 5.12. The van der Waals surface area contributed by atoms with Gasteiger partial charge in [-0.25, -0.2) is 8.78 Å². The molecule has 0 saturated heterocycles. The van der Waals surface area contributed by atoms with E-state index >= 15 is 0 Å². The van der Waals surface area contributed by atoms with Crippen LogP contribution in [0.4, 0.5) is 8.78 Å². The number of thiophene rings is 1. The molecule has 0 bridgehead atoms. The van der Waals surface area contributed by atoms with Gasteiger partial charge in [-0.1, -0.05) is 6.07 Å². The van der Waals surface area contributed by atoms with Gasteiger partial charge in [-0.05, 0) is 39.0 Å². The molecular weight excluding hydrogens is 318 g/mol. The largest absolute Gasteiger partial charge is 0.207 e. The molecule has 0 nitrogen and oxygen atoms in total. The minimum absolute atomic E-state index is 0.286. The lowest BCUT2D eigenvalue weighted by molar-refractivity contribution is 0.573. The van der Waals surface area contributed by atoms with Crippen molar-refractivity contribution in [2.24, 2.45) is 0 Å². The normalized spacial score (nSPS) is 12.8. The molecule has 0 aliphatic carbocycles. The minimum atomic E-state index is -0.623. The van der Waals surface area contributed by atoms with Crippen molar-refractivity contribution in [1.82, 2.24) is 0 Å². The maximum atomic E-state index is 13.5. The van der Waals surface area contributed by atoms with E-state index in [9.17, 15) is 8.78 Å². The van der Waals surface area contributed by atoms with Gasteiger partial charge in [0.25, 0.3) is 0 Å². The van der Waals surface area contributed by atoms with Crippen molar-refractivity contribution < 1.29 is 8.78 Å². The van der Waals surface area contributed by atoms with E-state index in [4.69, 9.17) is 11.6 Å². The molecule has 1 atom stereocenters. The summed E-state index contributed by atoms with van der Waals surface area (Å²) in [5.74, 6) is -1.22. The fourth-order valence-corrected chi connectivity index (χ4v) is 2.92. The first-order valence-electron chi connectivity index (χ1n) is 4.41. The molecule has 0 N–H and O–H groups in total. The Hall–Kier alpha value is -0.450. The highest BCUT2D eigenvalue weighted by atomic mass is 79.9. The molecule has 0 aliphatic heterocycles. The molecule has 16 heavy (non-hydrogen) atoms. The van der Waals surface area contributed by atoms with Crippen molar-refractivity contribution in [2.75, 3.05) is 0 Å². The molecule has 1 aromatic heterocycles. The third-order valence-electron chi connectivity index (χ3n) is 2.12. The van der Waals surface area contributed by atoms with Gasteiger partial charge in [0.05, 0.1) is 9.16 Å². The monoisotopic (exact) mass is 322 g/mol. The highest BCUT2D eigenvalue weighted by molar-refractivity contribution is 9.11. The molecule has 0 saturated carbocycles. The average molecular weight is 324 g/mol. The van der Waals surface area contributed by atoms with Gasteiger partial charge in [0.15, 0.2) is 0 Å². The van der Waals surface area contributed by atoms with Crippen LogP contribution in [0, 0.1) is 11.6 Å². The topological polar surface area (TPSA) is 0 Å². The van der Waals surface area contributed by atoms with Crippen molar-refractivity contribution >= 4 is 38.9 Å². The summed E-state index contributed by atoms with van der Waals surface area (Å²) in [5.41, 5.74) is 1.08. The Bertz CT molecular complexity index is 512. The van der Waals surface area contributed by atoms with Crippen LogP contribution >= 0.6 is 38.9 Å². The zero-order valence-electron chi connectivity index (χ0n) is 7.88. The zero-order chi connectivity index (χ0) is 11.7. The van der Waals surface area contributed by atoms with Crippen molar-refractivity contribution in [3.05, 3.63) is 56.2 Å². The van der Waals surface area contributed by atoms with Gasteiger partial charge in [-0.15, -0.1) is 22.9 Å². The zero-order valence-corrected chi connectivity index (χ0v) is 11.0. The molecule has 2 aromatic rings. The molecule has 0 spiro atoms. The van der Waals surface area contributed by atoms with E-state index < -0.39 is 17.0 Å². The molecule has 2 rings (SSSR count). The summed E-state index contributed by atoms with van der Waals surface area (Å²) in [6.07, 6.45) is 0. The summed E-state index contributed by atoms with van der Waals surface area (Å²) in [5, 5.41) is 1.24. The number of alkyl halides is 1. The van der Waals surface area contributed by atoms with Crippen LogP contribution in [-0.4, -0.2) is 0 Å². The fraction of sp³-hybridized carbons (Fsp3) is 0.0909. The lowest BCUT2D eigenvalue weighted by Gasteiger charge is -2.09. The van der Waals surface area contributed by atoms with E-state index in [0.717, 1.165) is 15.4 Å². The SMILES string of the molecule is Fc1ccc(C(Cl)c2csc(Br)c2)c(F)c1. The summed E-state index contributed by atoms with van der Waals surface area (Å²) >= 11 is 10.9. The van der Waals surface area contributed by atoms with Gasteiger partial charge >= 0.3 is 0 Å². The average Bonchev–Trinajstić information content (AvgIpc) is 2.64. The number of halogens is 4. The number of benzene rings is 1. The van der Waals surface area contributed by atoms with E-state index in [-0.39, 0.29) is 5.56 Å². The standard InChI is InChI=1S/C11H6BrClF2S/c12-10-3-6(5-16-10)11(13)8-2-1-7(14)4-9(8)15/h1-5,11H. The molecular formula is C11H6BrClF2S. The first-order chi connectivity index (χ1) is 7.58. The molecule has 1 unspecified atom stereocenters. The second-order valence-corrected chi connectivity index (χ2v) is 5.94. The second-order valence-electron chi connectivity index (χ2n) is 3.21. The van der Waals surface area contributed by atoms with Crippen LogP contribution in [0.3, 0.4) is 0 Å². The maximum absolute atomic E-state index is 13.5. The Morgan fingerprint density at radius 2 is 2.00 bits per heavy atom. The highest BCUT2D eigenvalue weighted by Gasteiger charge is 2.16. The van der Waals surface area contributed by atoms with Gasteiger partial charge in [-0.3, -0.25) is 0 Å². The third-order valence-corrected chi connectivity index (χ3v) is 4.13. The summed E-state index contributed by atoms with van der Waals surface area (Å²) < 4.78 is 27.1. The van der Waals surface area contributed by atoms with Gasteiger partial charge < -0.3 is 0 Å². The number of hydrogen-bond acceptors (Lipinski definition) is 1. The van der Waals surface area contributed by atoms with Crippen LogP contribution in [0.5, 0.6) is 0 Å². The van der Waals surface area contributed by atoms with Crippen molar-refractivity contribution in [3.63, 3.8) is 0 Å². The summed E-state index contributed by atoms with van der Waals surface area (Å²) in [6, 6.07) is 5.24. The molecule has 84 valence electrons. The van der Waals surface area contributed by atoms with Gasteiger partial charge in [0, 0.05) is 11.6 Å². The Balaban J connectivity index is 2.37. The molecule has 5 heteroatoms. The van der Waals surface area contributed by atoms with E-state index in [1.54, 1.807) is 0 Å². The minimum Gasteiger partial charge on any atom is -0.207 e. The lowest BCUT2D eigenvalue weighted by atomic mass is 10.1. The smallest absolute Gasteiger partial charge is 0.131 e. The first-order valence-corrected chi connectivity index (χ1v) is 6.52. The van der Waals surface area contributed by atoms with Crippen LogP contribution in [-0.2, 0) is 0 Å². The molecule has 1 aromatic carbocycles. The summed E-state index contributed by atoms with van der Waals surface area (Å²) in [7, 11) is 0. The first kappa shape index (κ1) is 12.0. The number of rotatable bonds is 2. The van der Waals surface area contributed by atoms with Gasteiger partial charge in [-0.2, -0.15) is 0 Å². The van der Waals surface area contributed by atoms with Crippen LogP contribution in [0.1, 0.15) is 16.5 Å². The fourth-order valence-electron chi connectivity index (χ4n) is 1.34. The van der Waals surface area contributed by atoms with Gasteiger partial charge in [0.2, 0.25) is 0 Å². The van der Waals surface area contributed by atoms with Crippen molar-refractivity contribution in [1.29, 1.82) is 0 Å². The lowest BCUT2D eigenvalue weighted by Crippen LogP contribution is -1.96. The molecule has 0 aliphatic rings. The van der Waals surface area contributed by atoms with Gasteiger partial charge in [0.1, 0.15) is 11.6 Å². The molecule has 0 fully saturated rings. The Morgan fingerprint density at radius 1 is 1.25 bits per heavy atom. The van der Waals surface area contributed by atoms with E-state index in [1.165, 1.54) is 23.5 Å².